The minimum absolute atomic E-state index is 0.490. The fraction of sp³-hybridized carbons (Fsp3) is 0.533. The lowest BCUT2D eigenvalue weighted by molar-refractivity contribution is 0.112. The van der Waals surface area contributed by atoms with Crippen molar-refractivity contribution in [1.82, 2.24) is 0 Å². The van der Waals surface area contributed by atoms with Gasteiger partial charge < -0.3 is 9.64 Å². The molecule has 0 N–H and O–H groups in total. The fourth-order valence-electron chi connectivity index (χ4n) is 2.23. The maximum Gasteiger partial charge on any atom is 0.151 e. The summed E-state index contributed by atoms with van der Waals surface area (Å²) < 4.78 is 6.04. The first-order valence-electron chi connectivity index (χ1n) is 6.68. The molecule has 0 aliphatic carbocycles. The molecule has 0 saturated heterocycles. The summed E-state index contributed by atoms with van der Waals surface area (Å²) in [5.41, 5.74) is 1.81. The highest BCUT2D eigenvalue weighted by Crippen LogP contribution is 2.26. The summed E-state index contributed by atoms with van der Waals surface area (Å²) >= 11 is 3.45. The summed E-state index contributed by atoms with van der Waals surface area (Å²) in [6.45, 7) is 5.95. The largest absolute Gasteiger partial charge is 0.383 e. The predicted octanol–water partition coefficient (Wildman–Crippen LogP) is 3.90. The SMILES string of the molecule is CCC(CC)N(CCOC)c1ccc(C=O)c(Br)c1. The van der Waals surface area contributed by atoms with E-state index in [1.54, 1.807) is 7.11 Å². The molecule has 0 atom stereocenters. The normalized spacial score (nSPS) is 10.8. The van der Waals surface area contributed by atoms with Crippen molar-refractivity contribution in [1.29, 1.82) is 0 Å². The number of benzene rings is 1. The lowest BCUT2D eigenvalue weighted by Crippen LogP contribution is -2.37. The summed E-state index contributed by atoms with van der Waals surface area (Å²) in [4.78, 5) is 13.2. The van der Waals surface area contributed by atoms with Gasteiger partial charge in [-0.15, -0.1) is 0 Å². The molecule has 0 aromatic heterocycles. The molecule has 0 amide bonds. The van der Waals surface area contributed by atoms with Crippen molar-refractivity contribution in [3.05, 3.63) is 28.2 Å². The average molecular weight is 328 g/mol. The quantitative estimate of drug-likeness (QED) is 0.678. The molecule has 1 aromatic carbocycles. The molecule has 1 aromatic rings. The molecule has 0 aliphatic heterocycles. The highest BCUT2D eigenvalue weighted by atomic mass is 79.9. The molecule has 0 radical (unpaired) electrons. The van der Waals surface area contributed by atoms with Crippen LogP contribution in [0, 0.1) is 0 Å². The standard InChI is InChI=1S/C15H22BrNO2/c1-4-13(5-2)17(8-9-19-3)14-7-6-12(11-18)15(16)10-14/h6-7,10-11,13H,4-5,8-9H2,1-3H3. The molecule has 0 aliphatic rings. The zero-order valence-electron chi connectivity index (χ0n) is 11.9. The first-order valence-corrected chi connectivity index (χ1v) is 7.47. The van der Waals surface area contributed by atoms with Crippen LogP contribution in [0.2, 0.25) is 0 Å². The van der Waals surface area contributed by atoms with Crippen molar-refractivity contribution in [3.63, 3.8) is 0 Å². The molecule has 0 bridgehead atoms. The van der Waals surface area contributed by atoms with Gasteiger partial charge in [0.05, 0.1) is 6.61 Å². The minimum Gasteiger partial charge on any atom is -0.383 e. The molecule has 1 rings (SSSR count). The molecule has 0 unspecified atom stereocenters. The highest BCUT2D eigenvalue weighted by molar-refractivity contribution is 9.10. The first kappa shape index (κ1) is 16.2. The van der Waals surface area contributed by atoms with Crippen LogP contribution in [0.1, 0.15) is 37.0 Å². The van der Waals surface area contributed by atoms with E-state index >= 15 is 0 Å². The van der Waals surface area contributed by atoms with Gasteiger partial charge in [0.1, 0.15) is 0 Å². The van der Waals surface area contributed by atoms with Gasteiger partial charge in [0, 0.05) is 35.4 Å². The molecular formula is C15H22BrNO2. The van der Waals surface area contributed by atoms with E-state index < -0.39 is 0 Å². The van der Waals surface area contributed by atoms with Crippen molar-refractivity contribution < 1.29 is 9.53 Å². The van der Waals surface area contributed by atoms with Crippen molar-refractivity contribution in [2.75, 3.05) is 25.2 Å². The van der Waals surface area contributed by atoms with Gasteiger partial charge in [-0.25, -0.2) is 0 Å². The fourth-order valence-corrected chi connectivity index (χ4v) is 2.69. The summed E-state index contributed by atoms with van der Waals surface area (Å²) in [6, 6.07) is 6.36. The van der Waals surface area contributed by atoms with E-state index in [9.17, 15) is 4.79 Å². The third-order valence-corrected chi connectivity index (χ3v) is 4.05. The van der Waals surface area contributed by atoms with Gasteiger partial charge >= 0.3 is 0 Å². The lowest BCUT2D eigenvalue weighted by Gasteiger charge is -2.32. The Hall–Kier alpha value is -0.870. The number of carbonyl (C=O) groups excluding carboxylic acids is 1. The van der Waals surface area contributed by atoms with Crippen LogP contribution in [0.3, 0.4) is 0 Å². The molecule has 0 heterocycles. The monoisotopic (exact) mass is 327 g/mol. The Morgan fingerprint density at radius 2 is 2.05 bits per heavy atom. The zero-order valence-corrected chi connectivity index (χ0v) is 13.4. The zero-order chi connectivity index (χ0) is 14.3. The Bertz CT molecular complexity index is 405. The van der Waals surface area contributed by atoms with Crippen molar-refractivity contribution >= 4 is 27.9 Å². The molecule has 19 heavy (non-hydrogen) atoms. The number of ether oxygens (including phenoxy) is 1. The van der Waals surface area contributed by atoms with Crippen LogP contribution in [-0.4, -0.2) is 32.6 Å². The van der Waals surface area contributed by atoms with Gasteiger partial charge in [-0.1, -0.05) is 13.8 Å². The third kappa shape index (κ3) is 4.32. The summed E-state index contributed by atoms with van der Waals surface area (Å²) in [5, 5.41) is 0. The van der Waals surface area contributed by atoms with Crippen LogP contribution in [0.25, 0.3) is 0 Å². The molecule has 0 saturated carbocycles. The smallest absolute Gasteiger partial charge is 0.151 e. The molecular weight excluding hydrogens is 306 g/mol. The van der Waals surface area contributed by atoms with Crippen LogP contribution in [0.15, 0.2) is 22.7 Å². The second-order valence-corrected chi connectivity index (χ2v) is 5.33. The number of methoxy groups -OCH3 is 1. The van der Waals surface area contributed by atoms with Gasteiger partial charge in [-0.2, -0.15) is 0 Å². The molecule has 0 spiro atoms. The Kier molecular flexibility index (Phi) is 7.10. The first-order chi connectivity index (χ1) is 9.17. The van der Waals surface area contributed by atoms with E-state index in [-0.39, 0.29) is 0 Å². The number of anilines is 1. The third-order valence-electron chi connectivity index (χ3n) is 3.36. The second-order valence-electron chi connectivity index (χ2n) is 4.48. The summed E-state index contributed by atoms with van der Waals surface area (Å²) in [5.74, 6) is 0. The molecule has 4 heteroatoms. The van der Waals surface area contributed by atoms with Gasteiger partial charge in [0.2, 0.25) is 0 Å². The highest BCUT2D eigenvalue weighted by Gasteiger charge is 2.16. The van der Waals surface area contributed by atoms with Crippen molar-refractivity contribution in [2.24, 2.45) is 0 Å². The van der Waals surface area contributed by atoms with Crippen LogP contribution in [-0.2, 0) is 4.74 Å². The Morgan fingerprint density at radius 3 is 2.53 bits per heavy atom. The van der Waals surface area contributed by atoms with Crippen LogP contribution < -0.4 is 4.90 Å². The summed E-state index contributed by atoms with van der Waals surface area (Å²) in [6.07, 6.45) is 3.05. The predicted molar refractivity (Wildman–Crippen MR) is 83.1 cm³/mol. The van der Waals surface area contributed by atoms with Crippen molar-refractivity contribution in [3.8, 4) is 0 Å². The van der Waals surface area contributed by atoms with E-state index in [4.69, 9.17) is 4.74 Å². The van der Waals surface area contributed by atoms with E-state index in [0.29, 0.717) is 18.2 Å². The number of hydrogen-bond acceptors (Lipinski definition) is 3. The number of nitrogens with zero attached hydrogens (tertiary/aromatic N) is 1. The lowest BCUT2D eigenvalue weighted by atomic mass is 10.1. The maximum atomic E-state index is 10.9. The van der Waals surface area contributed by atoms with Gasteiger partial charge in [-0.05, 0) is 47.0 Å². The van der Waals surface area contributed by atoms with Crippen LogP contribution >= 0.6 is 15.9 Å². The van der Waals surface area contributed by atoms with Crippen molar-refractivity contribution in [2.45, 2.75) is 32.7 Å². The Balaban J connectivity index is 3.01. The van der Waals surface area contributed by atoms with E-state index in [1.807, 2.05) is 18.2 Å². The number of halogens is 1. The minimum atomic E-state index is 0.490. The van der Waals surface area contributed by atoms with E-state index in [1.165, 1.54) is 0 Å². The molecule has 3 nitrogen and oxygen atoms in total. The Labute approximate surface area is 124 Å². The molecule has 0 fully saturated rings. The van der Waals surface area contributed by atoms with Gasteiger partial charge in [0.15, 0.2) is 6.29 Å². The summed E-state index contributed by atoms with van der Waals surface area (Å²) in [7, 11) is 1.72. The number of hydrogen-bond donors (Lipinski definition) is 0. The number of aldehydes is 1. The second kappa shape index (κ2) is 8.33. The average Bonchev–Trinajstić information content (AvgIpc) is 2.43. The maximum absolute atomic E-state index is 10.9. The van der Waals surface area contributed by atoms with Crippen LogP contribution in [0.5, 0.6) is 0 Å². The number of rotatable bonds is 8. The number of carbonyl (C=O) groups is 1. The topological polar surface area (TPSA) is 29.5 Å². The molecule has 106 valence electrons. The Morgan fingerprint density at radius 1 is 1.37 bits per heavy atom. The van der Waals surface area contributed by atoms with Gasteiger partial charge in [0.25, 0.3) is 0 Å². The van der Waals surface area contributed by atoms with E-state index in [2.05, 4.69) is 34.7 Å². The van der Waals surface area contributed by atoms with Crippen LogP contribution in [0.4, 0.5) is 5.69 Å². The van der Waals surface area contributed by atoms with Gasteiger partial charge in [-0.3, -0.25) is 4.79 Å². The van der Waals surface area contributed by atoms with E-state index in [0.717, 1.165) is 35.8 Å².